The van der Waals surface area contributed by atoms with E-state index in [0.717, 1.165) is 69.8 Å². The Labute approximate surface area is 241 Å². The SMILES string of the molecule is CCCCCCN1C(=O)/C(=C\c2c(C)c(C#N)c(=O)n(CC)c2N2CCN(Cc3ccccc3)CC2)SC1=S. The fourth-order valence-corrected chi connectivity index (χ4v) is 6.55. The second-order valence-corrected chi connectivity index (χ2v) is 11.7. The first-order chi connectivity index (χ1) is 18.9. The van der Waals surface area contributed by atoms with Crippen LogP contribution in [0.5, 0.6) is 0 Å². The Hall–Kier alpha value is -2.93. The number of thioether (sulfide) groups is 1. The summed E-state index contributed by atoms with van der Waals surface area (Å²) in [6.45, 7) is 11.0. The summed E-state index contributed by atoms with van der Waals surface area (Å²) in [6, 6.07) is 12.6. The first-order valence-electron chi connectivity index (χ1n) is 13.8. The van der Waals surface area contributed by atoms with Crippen molar-refractivity contribution in [2.24, 2.45) is 0 Å². The number of piperazine rings is 1. The molecule has 0 saturated carbocycles. The molecule has 2 saturated heterocycles. The van der Waals surface area contributed by atoms with E-state index in [1.165, 1.54) is 17.3 Å². The highest BCUT2D eigenvalue weighted by atomic mass is 32.2. The van der Waals surface area contributed by atoms with Gasteiger partial charge >= 0.3 is 0 Å². The predicted octanol–water partition coefficient (Wildman–Crippen LogP) is 5.15. The second-order valence-electron chi connectivity index (χ2n) is 10.0. The molecule has 1 amide bonds. The Balaban J connectivity index is 1.65. The molecule has 1 aromatic heterocycles. The Kier molecular flexibility index (Phi) is 10.0. The van der Waals surface area contributed by atoms with Gasteiger partial charge in [-0.2, -0.15) is 5.26 Å². The van der Waals surface area contributed by atoms with Crippen LogP contribution in [0.25, 0.3) is 6.08 Å². The van der Waals surface area contributed by atoms with Crippen molar-refractivity contribution >= 4 is 46.1 Å². The summed E-state index contributed by atoms with van der Waals surface area (Å²) in [6.07, 6.45) is 6.12. The molecule has 0 radical (unpaired) electrons. The molecule has 0 aliphatic carbocycles. The van der Waals surface area contributed by atoms with Gasteiger partial charge in [0, 0.05) is 51.4 Å². The van der Waals surface area contributed by atoms with Gasteiger partial charge in [-0.05, 0) is 37.5 Å². The van der Waals surface area contributed by atoms with E-state index in [-0.39, 0.29) is 17.0 Å². The number of benzene rings is 1. The highest BCUT2D eigenvalue weighted by molar-refractivity contribution is 8.26. The Morgan fingerprint density at radius 3 is 2.41 bits per heavy atom. The van der Waals surface area contributed by atoms with Crippen LogP contribution in [0, 0.1) is 18.3 Å². The fraction of sp³-hybridized carbons (Fsp3) is 0.467. The molecule has 2 aliphatic rings. The van der Waals surface area contributed by atoms with Gasteiger partial charge in [-0.15, -0.1) is 0 Å². The summed E-state index contributed by atoms with van der Waals surface area (Å²) in [7, 11) is 0. The summed E-state index contributed by atoms with van der Waals surface area (Å²) < 4.78 is 2.26. The molecule has 2 aliphatic heterocycles. The van der Waals surface area contributed by atoms with Crippen LogP contribution in [0.1, 0.15) is 61.8 Å². The average molecular weight is 564 g/mol. The molecule has 39 heavy (non-hydrogen) atoms. The lowest BCUT2D eigenvalue weighted by Gasteiger charge is -2.38. The number of rotatable bonds is 10. The zero-order valence-electron chi connectivity index (χ0n) is 23.1. The van der Waals surface area contributed by atoms with Gasteiger partial charge in [-0.25, -0.2) is 0 Å². The number of thiocarbonyl (C=S) groups is 1. The monoisotopic (exact) mass is 563 g/mol. The highest BCUT2D eigenvalue weighted by Gasteiger charge is 2.33. The summed E-state index contributed by atoms with van der Waals surface area (Å²) >= 11 is 6.88. The Morgan fingerprint density at radius 1 is 1.05 bits per heavy atom. The van der Waals surface area contributed by atoms with Gasteiger partial charge in [0.15, 0.2) is 0 Å². The van der Waals surface area contributed by atoms with E-state index < -0.39 is 0 Å². The molecule has 2 fully saturated rings. The molecular formula is C30H37N5O2S2. The summed E-state index contributed by atoms with van der Waals surface area (Å²) in [5.41, 5.74) is 2.51. The van der Waals surface area contributed by atoms with Crippen LogP contribution < -0.4 is 10.5 Å². The van der Waals surface area contributed by atoms with Gasteiger partial charge in [0.1, 0.15) is 21.8 Å². The van der Waals surface area contributed by atoms with E-state index in [2.05, 4.69) is 47.1 Å². The third kappa shape index (κ3) is 6.46. The molecule has 0 bridgehead atoms. The fourth-order valence-electron chi connectivity index (χ4n) is 5.26. The first kappa shape index (κ1) is 29.1. The summed E-state index contributed by atoms with van der Waals surface area (Å²) in [4.78, 5) is 33.6. The lowest BCUT2D eigenvalue weighted by atomic mass is 10.0. The molecule has 0 unspecified atom stereocenters. The molecule has 4 rings (SSSR count). The van der Waals surface area contributed by atoms with Crippen molar-refractivity contribution in [1.29, 1.82) is 5.26 Å². The molecule has 7 nitrogen and oxygen atoms in total. The van der Waals surface area contributed by atoms with Gasteiger partial charge < -0.3 is 4.90 Å². The lowest BCUT2D eigenvalue weighted by Crippen LogP contribution is -2.48. The first-order valence-corrected chi connectivity index (χ1v) is 15.1. The number of hydrogen-bond acceptors (Lipinski definition) is 7. The van der Waals surface area contributed by atoms with Crippen LogP contribution in [0.4, 0.5) is 5.82 Å². The van der Waals surface area contributed by atoms with Crippen molar-refractivity contribution in [3.63, 3.8) is 0 Å². The predicted molar refractivity (Wildman–Crippen MR) is 164 cm³/mol. The van der Waals surface area contributed by atoms with E-state index >= 15 is 0 Å². The van der Waals surface area contributed by atoms with Crippen molar-refractivity contribution < 1.29 is 4.79 Å². The third-order valence-corrected chi connectivity index (χ3v) is 8.85. The number of pyridine rings is 1. The van der Waals surface area contributed by atoms with Gasteiger partial charge in [0.25, 0.3) is 11.5 Å². The van der Waals surface area contributed by atoms with Crippen molar-refractivity contribution in [1.82, 2.24) is 14.4 Å². The topological polar surface area (TPSA) is 72.6 Å². The van der Waals surface area contributed by atoms with Crippen LogP contribution in [0.2, 0.25) is 0 Å². The number of aromatic nitrogens is 1. The lowest BCUT2D eigenvalue weighted by molar-refractivity contribution is -0.122. The number of amides is 1. The smallest absolute Gasteiger partial charge is 0.270 e. The minimum atomic E-state index is -0.278. The maximum atomic E-state index is 13.4. The van der Waals surface area contributed by atoms with Crippen LogP contribution >= 0.6 is 24.0 Å². The molecule has 0 spiro atoms. The number of unbranched alkanes of at least 4 members (excludes halogenated alkanes) is 3. The molecule has 0 atom stereocenters. The maximum absolute atomic E-state index is 13.4. The Morgan fingerprint density at radius 2 is 1.77 bits per heavy atom. The van der Waals surface area contributed by atoms with Crippen LogP contribution in [0.15, 0.2) is 40.0 Å². The van der Waals surface area contributed by atoms with Crippen molar-refractivity contribution in [3.8, 4) is 6.07 Å². The number of anilines is 1. The summed E-state index contributed by atoms with van der Waals surface area (Å²) in [5.74, 6) is 0.693. The van der Waals surface area contributed by atoms with Crippen LogP contribution in [-0.4, -0.2) is 57.3 Å². The van der Waals surface area contributed by atoms with Gasteiger partial charge in [0.05, 0.1) is 4.91 Å². The van der Waals surface area contributed by atoms with Crippen LogP contribution in [-0.2, 0) is 17.9 Å². The summed E-state index contributed by atoms with van der Waals surface area (Å²) in [5, 5.41) is 9.85. The normalized spacial score (nSPS) is 17.3. The molecule has 2 aromatic rings. The molecule has 206 valence electrons. The van der Waals surface area contributed by atoms with Crippen molar-refractivity contribution in [3.05, 3.63) is 67.8 Å². The van der Waals surface area contributed by atoms with Gasteiger partial charge in [-0.1, -0.05) is 80.5 Å². The number of nitrogens with zero attached hydrogens (tertiary/aromatic N) is 5. The molecule has 1 aromatic carbocycles. The van der Waals surface area contributed by atoms with E-state index in [4.69, 9.17) is 12.2 Å². The molecule has 3 heterocycles. The molecule has 0 N–H and O–H groups in total. The van der Waals surface area contributed by atoms with Crippen LogP contribution in [0.3, 0.4) is 0 Å². The van der Waals surface area contributed by atoms with Gasteiger partial charge in [0.2, 0.25) is 0 Å². The van der Waals surface area contributed by atoms with Crippen molar-refractivity contribution in [2.75, 3.05) is 37.6 Å². The third-order valence-electron chi connectivity index (χ3n) is 7.47. The zero-order chi connectivity index (χ0) is 27.9. The second kappa shape index (κ2) is 13.4. The number of nitriles is 1. The number of carbonyl (C=O) groups excluding carboxylic acids is 1. The highest BCUT2D eigenvalue weighted by Crippen LogP contribution is 2.36. The quantitative estimate of drug-likeness (QED) is 0.225. The van der Waals surface area contributed by atoms with E-state index in [1.54, 1.807) is 9.47 Å². The maximum Gasteiger partial charge on any atom is 0.270 e. The number of hydrogen-bond donors (Lipinski definition) is 0. The molecular weight excluding hydrogens is 526 g/mol. The number of carbonyl (C=O) groups is 1. The van der Waals surface area contributed by atoms with Crippen molar-refractivity contribution in [2.45, 2.75) is 59.5 Å². The minimum Gasteiger partial charge on any atom is -0.355 e. The van der Waals surface area contributed by atoms with E-state index in [0.29, 0.717) is 27.9 Å². The average Bonchev–Trinajstić information content (AvgIpc) is 3.21. The minimum absolute atomic E-state index is 0.0905. The Bertz CT molecular complexity index is 1340. The standard InChI is InChI=1S/C30H37N5O2S2/c1-4-6-7-11-14-35-29(37)26(39-30(35)38)19-24-22(3)25(20-31)28(36)34(5-2)27(24)33-17-15-32(16-18-33)21-23-12-9-8-10-13-23/h8-10,12-13,19H,4-7,11,14-18,21H2,1-3H3/b26-19+. The largest absolute Gasteiger partial charge is 0.355 e. The molecule has 9 heteroatoms. The zero-order valence-corrected chi connectivity index (χ0v) is 24.7. The van der Waals surface area contributed by atoms with E-state index in [1.807, 2.05) is 26.0 Å². The van der Waals surface area contributed by atoms with Gasteiger partial charge in [-0.3, -0.25) is 24.0 Å². The van der Waals surface area contributed by atoms with E-state index in [9.17, 15) is 14.9 Å².